The lowest BCUT2D eigenvalue weighted by atomic mass is 10.2. The number of hydrogen-bond acceptors (Lipinski definition) is 8. The van der Waals surface area contributed by atoms with Crippen LogP contribution < -0.4 is 14.8 Å². The third kappa shape index (κ3) is 6.63. The number of methoxy groups -OCH3 is 2. The lowest BCUT2D eigenvalue weighted by molar-refractivity contribution is -0.143. The number of halogens is 2. The highest BCUT2D eigenvalue weighted by atomic mass is 127. The van der Waals surface area contributed by atoms with Crippen molar-refractivity contribution in [1.29, 1.82) is 0 Å². The molecule has 1 aliphatic heterocycles. The van der Waals surface area contributed by atoms with E-state index in [2.05, 4.69) is 55.2 Å². The second-order valence-electron chi connectivity index (χ2n) is 6.72. The molecule has 0 aromatic heterocycles. The van der Waals surface area contributed by atoms with E-state index in [9.17, 15) is 19.2 Å². The van der Waals surface area contributed by atoms with E-state index in [0.717, 1.165) is 23.8 Å². The molecule has 0 unspecified atom stereocenters. The fraction of sp³-hybridized carbons (Fsp3) is 0.182. The largest absolute Gasteiger partial charge is 0.497 e. The SMILES string of the molecule is COC(=O)COc1c(I)cc(/C=C2/SC(=O)N(CC(=O)Nc3ccc(OC)cc3)C2=O)cc1I. The lowest BCUT2D eigenvalue weighted by Crippen LogP contribution is -2.36. The van der Waals surface area contributed by atoms with Crippen molar-refractivity contribution < 1.29 is 33.4 Å². The molecule has 2 aromatic rings. The maximum Gasteiger partial charge on any atom is 0.343 e. The molecule has 9 nitrogen and oxygen atoms in total. The fourth-order valence-corrected chi connectivity index (χ4v) is 5.76. The van der Waals surface area contributed by atoms with Crippen LogP contribution in [0.15, 0.2) is 41.3 Å². The molecule has 1 N–H and O–H groups in total. The van der Waals surface area contributed by atoms with Gasteiger partial charge in [-0.3, -0.25) is 19.3 Å². The van der Waals surface area contributed by atoms with E-state index in [1.807, 2.05) is 0 Å². The third-order valence-electron chi connectivity index (χ3n) is 4.43. The summed E-state index contributed by atoms with van der Waals surface area (Å²) in [6.45, 7) is -0.622. The molecule has 1 heterocycles. The summed E-state index contributed by atoms with van der Waals surface area (Å²) < 4.78 is 16.6. The van der Waals surface area contributed by atoms with Crippen LogP contribution in [0.4, 0.5) is 10.5 Å². The van der Waals surface area contributed by atoms with Crippen molar-refractivity contribution in [2.24, 2.45) is 0 Å². The first-order valence-electron chi connectivity index (χ1n) is 9.59. The molecular formula is C22H18I2N2O7S. The van der Waals surface area contributed by atoms with Crippen molar-refractivity contribution in [3.8, 4) is 11.5 Å². The van der Waals surface area contributed by atoms with Crippen LogP contribution in [0.1, 0.15) is 5.56 Å². The predicted molar refractivity (Wildman–Crippen MR) is 144 cm³/mol. The molecule has 0 aliphatic carbocycles. The zero-order chi connectivity index (χ0) is 24.8. The van der Waals surface area contributed by atoms with Crippen LogP contribution in [0, 0.1) is 7.14 Å². The van der Waals surface area contributed by atoms with Crippen LogP contribution >= 0.6 is 56.9 Å². The van der Waals surface area contributed by atoms with Crippen molar-refractivity contribution in [2.45, 2.75) is 0 Å². The van der Waals surface area contributed by atoms with Gasteiger partial charge in [-0.15, -0.1) is 0 Å². The van der Waals surface area contributed by atoms with Crippen LogP contribution in [-0.2, 0) is 19.1 Å². The van der Waals surface area contributed by atoms with Crippen LogP contribution in [0.5, 0.6) is 11.5 Å². The van der Waals surface area contributed by atoms with Gasteiger partial charge < -0.3 is 19.5 Å². The van der Waals surface area contributed by atoms with Gasteiger partial charge in [-0.1, -0.05) is 0 Å². The van der Waals surface area contributed by atoms with Crippen LogP contribution in [0.25, 0.3) is 6.08 Å². The monoisotopic (exact) mass is 708 g/mol. The van der Waals surface area contributed by atoms with Gasteiger partial charge in [0.1, 0.15) is 18.0 Å². The molecule has 1 fully saturated rings. The average molecular weight is 708 g/mol. The fourth-order valence-electron chi connectivity index (χ4n) is 2.80. The Kier molecular flexibility index (Phi) is 9.18. The van der Waals surface area contributed by atoms with E-state index in [1.54, 1.807) is 42.5 Å². The van der Waals surface area contributed by atoms with E-state index >= 15 is 0 Å². The highest BCUT2D eigenvalue weighted by Crippen LogP contribution is 2.34. The molecule has 0 saturated carbocycles. The Morgan fingerprint density at radius 1 is 1.09 bits per heavy atom. The Hall–Kier alpha value is -2.33. The molecule has 3 rings (SSSR count). The van der Waals surface area contributed by atoms with Crippen molar-refractivity contribution in [1.82, 2.24) is 4.90 Å². The number of rotatable bonds is 8. The molecular weight excluding hydrogens is 690 g/mol. The molecule has 1 aliphatic rings. The zero-order valence-corrected chi connectivity index (χ0v) is 23.1. The van der Waals surface area contributed by atoms with Gasteiger partial charge in [-0.05, 0) is 105 Å². The standard InChI is InChI=1S/C22H18I2N2O7S/c1-31-14-5-3-13(4-6-14)25-18(27)10-26-21(29)17(34-22(26)30)9-12-7-15(23)20(16(24)8-12)33-11-19(28)32-2/h3-9H,10-11H2,1-2H3,(H,25,27)/b17-9+. The predicted octanol–water partition coefficient (Wildman–Crippen LogP) is 4.13. The topological polar surface area (TPSA) is 111 Å². The molecule has 178 valence electrons. The highest BCUT2D eigenvalue weighted by Gasteiger charge is 2.36. The molecule has 0 spiro atoms. The van der Waals surface area contributed by atoms with Gasteiger partial charge in [0, 0.05) is 5.69 Å². The van der Waals surface area contributed by atoms with Crippen molar-refractivity contribution in [3.63, 3.8) is 0 Å². The molecule has 34 heavy (non-hydrogen) atoms. The molecule has 0 bridgehead atoms. The summed E-state index contributed by atoms with van der Waals surface area (Å²) in [4.78, 5) is 50.0. The highest BCUT2D eigenvalue weighted by molar-refractivity contribution is 14.1. The van der Waals surface area contributed by atoms with Crippen molar-refractivity contribution >= 4 is 91.7 Å². The number of ether oxygens (including phenoxy) is 3. The second kappa shape index (κ2) is 11.9. The summed E-state index contributed by atoms with van der Waals surface area (Å²) in [5.74, 6) is -0.380. The van der Waals surface area contributed by atoms with Crippen LogP contribution in [0.3, 0.4) is 0 Å². The van der Waals surface area contributed by atoms with Gasteiger partial charge in [0.05, 0.1) is 26.3 Å². The first-order valence-corrected chi connectivity index (χ1v) is 12.6. The number of carbonyl (C=O) groups excluding carboxylic acids is 4. The molecule has 3 amide bonds. The lowest BCUT2D eigenvalue weighted by Gasteiger charge is -2.13. The minimum Gasteiger partial charge on any atom is -0.497 e. The van der Waals surface area contributed by atoms with Gasteiger partial charge in [0.25, 0.3) is 11.1 Å². The van der Waals surface area contributed by atoms with Gasteiger partial charge >= 0.3 is 5.97 Å². The number of imide groups is 1. The van der Waals surface area contributed by atoms with E-state index in [0.29, 0.717) is 22.7 Å². The van der Waals surface area contributed by atoms with E-state index in [1.165, 1.54) is 14.2 Å². The van der Waals surface area contributed by atoms with Gasteiger partial charge in [0.15, 0.2) is 6.61 Å². The Morgan fingerprint density at radius 3 is 2.32 bits per heavy atom. The molecule has 0 atom stereocenters. The van der Waals surface area contributed by atoms with Gasteiger partial charge in [-0.25, -0.2) is 4.79 Å². The van der Waals surface area contributed by atoms with Crippen molar-refractivity contribution in [3.05, 3.63) is 54.0 Å². The number of nitrogens with one attached hydrogen (secondary N) is 1. The van der Waals surface area contributed by atoms with Gasteiger partial charge in [0.2, 0.25) is 5.91 Å². The maximum absolute atomic E-state index is 12.8. The molecule has 0 radical (unpaired) electrons. The number of benzene rings is 2. The van der Waals surface area contributed by atoms with E-state index in [-0.39, 0.29) is 11.5 Å². The van der Waals surface area contributed by atoms with Crippen molar-refractivity contribution in [2.75, 3.05) is 32.7 Å². The normalized spacial score (nSPS) is 14.4. The number of nitrogens with zero attached hydrogens (tertiary/aromatic N) is 1. The smallest absolute Gasteiger partial charge is 0.343 e. The quantitative estimate of drug-likeness (QED) is 0.248. The minimum absolute atomic E-state index is 0.206. The maximum atomic E-state index is 12.8. The Labute approximate surface area is 226 Å². The zero-order valence-electron chi connectivity index (χ0n) is 17.9. The Morgan fingerprint density at radius 2 is 1.74 bits per heavy atom. The first-order chi connectivity index (χ1) is 16.2. The first kappa shape index (κ1) is 26.3. The van der Waals surface area contributed by atoms with Crippen LogP contribution in [-0.4, -0.2) is 55.3 Å². The van der Waals surface area contributed by atoms with Crippen LogP contribution in [0.2, 0.25) is 0 Å². The number of esters is 1. The summed E-state index contributed by atoms with van der Waals surface area (Å²) in [5.41, 5.74) is 1.19. The number of carbonyl (C=O) groups is 4. The summed E-state index contributed by atoms with van der Waals surface area (Å²) in [7, 11) is 2.82. The molecule has 1 saturated heterocycles. The number of anilines is 1. The molecule has 12 heteroatoms. The average Bonchev–Trinajstić information content (AvgIpc) is 3.06. The summed E-state index contributed by atoms with van der Waals surface area (Å²) >= 11 is 4.89. The molecule has 2 aromatic carbocycles. The Balaban J connectivity index is 1.69. The Bertz CT molecular complexity index is 1150. The van der Waals surface area contributed by atoms with Gasteiger partial charge in [-0.2, -0.15) is 0 Å². The number of hydrogen-bond donors (Lipinski definition) is 1. The summed E-state index contributed by atoms with van der Waals surface area (Å²) in [6, 6.07) is 10.2. The minimum atomic E-state index is -0.545. The third-order valence-corrected chi connectivity index (χ3v) is 6.94. The van der Waals surface area contributed by atoms with E-state index < -0.39 is 29.6 Å². The number of thioether (sulfide) groups is 1. The summed E-state index contributed by atoms with van der Waals surface area (Å²) in [5, 5.41) is 2.13. The van der Waals surface area contributed by atoms with E-state index in [4.69, 9.17) is 9.47 Å². The summed E-state index contributed by atoms with van der Waals surface area (Å²) in [6.07, 6.45) is 1.58. The second-order valence-corrected chi connectivity index (χ2v) is 10.0. The number of amides is 3.